The van der Waals surface area contributed by atoms with Crippen LogP contribution in [0.4, 0.5) is 10.5 Å². The molecule has 4 rings (SSSR count). The molecule has 0 radical (unpaired) electrons. The Kier molecular flexibility index (Phi) is 5.44. The lowest BCUT2D eigenvalue weighted by molar-refractivity contribution is 0.146. The van der Waals surface area contributed by atoms with E-state index in [1.165, 1.54) is 0 Å². The van der Waals surface area contributed by atoms with Gasteiger partial charge in [-0.05, 0) is 38.0 Å². The van der Waals surface area contributed by atoms with Crippen molar-refractivity contribution in [2.45, 2.75) is 25.8 Å². The first-order valence-corrected chi connectivity index (χ1v) is 9.98. The Hall–Kier alpha value is -3.00. The van der Waals surface area contributed by atoms with Crippen LogP contribution >= 0.6 is 11.6 Å². The van der Waals surface area contributed by atoms with Crippen LogP contribution in [-0.2, 0) is 4.74 Å². The lowest BCUT2D eigenvalue weighted by atomic mass is 10.0. The smallest absolute Gasteiger partial charge is 0.407 e. The summed E-state index contributed by atoms with van der Waals surface area (Å²) in [5.74, 6) is 0. The summed E-state index contributed by atoms with van der Waals surface area (Å²) in [6.45, 7) is 3.88. The number of aromatic amines is 2. The lowest BCUT2D eigenvalue weighted by Gasteiger charge is -2.33. The number of piperidine rings is 1. The molecule has 1 aromatic carbocycles. The van der Waals surface area contributed by atoms with E-state index in [9.17, 15) is 9.59 Å². The summed E-state index contributed by atoms with van der Waals surface area (Å²) in [4.78, 5) is 35.1. The number of hydrogen-bond acceptors (Lipinski definition) is 5. The van der Waals surface area contributed by atoms with E-state index in [1.807, 2.05) is 24.3 Å². The fraction of sp³-hybridized carbons (Fsp3) is 0.350. The molecule has 0 saturated carbocycles. The Morgan fingerprint density at radius 2 is 2.00 bits per heavy atom. The van der Waals surface area contributed by atoms with Crippen molar-refractivity contribution in [3.8, 4) is 11.3 Å². The highest BCUT2D eigenvalue weighted by atomic mass is 35.5. The normalized spacial score (nSPS) is 14.9. The molecule has 3 heterocycles. The van der Waals surface area contributed by atoms with Crippen molar-refractivity contribution in [2.75, 3.05) is 24.6 Å². The second kappa shape index (κ2) is 8.16. The van der Waals surface area contributed by atoms with Gasteiger partial charge in [-0.15, -0.1) is 0 Å². The highest BCUT2D eigenvalue weighted by Gasteiger charge is 2.21. The molecule has 9 heteroatoms. The van der Waals surface area contributed by atoms with Gasteiger partial charge in [0.15, 0.2) is 5.65 Å². The zero-order valence-electron chi connectivity index (χ0n) is 16.0. The van der Waals surface area contributed by atoms with Crippen molar-refractivity contribution in [1.29, 1.82) is 0 Å². The average Bonchev–Trinajstić information content (AvgIpc) is 3.07. The van der Waals surface area contributed by atoms with E-state index in [0.29, 0.717) is 28.5 Å². The SMILES string of the molecule is CCOC(=O)NC1CCN(c2ccc(-c3nc4[nH]c(=O)[nH]c4cc3Cl)cc2)CC1. The van der Waals surface area contributed by atoms with Gasteiger partial charge >= 0.3 is 11.8 Å². The molecule has 0 spiro atoms. The van der Waals surface area contributed by atoms with Crippen molar-refractivity contribution < 1.29 is 9.53 Å². The van der Waals surface area contributed by atoms with Gasteiger partial charge in [-0.3, -0.25) is 4.98 Å². The summed E-state index contributed by atoms with van der Waals surface area (Å²) in [5.41, 5.74) is 3.36. The monoisotopic (exact) mass is 415 g/mol. The second-order valence-electron chi connectivity index (χ2n) is 6.97. The van der Waals surface area contributed by atoms with Crippen LogP contribution in [0.15, 0.2) is 35.1 Å². The van der Waals surface area contributed by atoms with Crippen molar-refractivity contribution in [3.05, 3.63) is 45.8 Å². The maximum Gasteiger partial charge on any atom is 0.407 e. The number of nitrogens with one attached hydrogen (secondary N) is 3. The number of alkyl carbamates (subject to hydrolysis) is 1. The molecule has 3 N–H and O–H groups in total. The third-order valence-electron chi connectivity index (χ3n) is 5.05. The Morgan fingerprint density at radius 3 is 2.69 bits per heavy atom. The van der Waals surface area contributed by atoms with Crippen LogP contribution in [0.5, 0.6) is 0 Å². The summed E-state index contributed by atoms with van der Waals surface area (Å²) in [7, 11) is 0. The molecule has 1 fully saturated rings. The highest BCUT2D eigenvalue weighted by Crippen LogP contribution is 2.30. The maximum atomic E-state index is 11.6. The number of rotatable bonds is 4. The zero-order chi connectivity index (χ0) is 20.4. The number of hydrogen-bond donors (Lipinski definition) is 3. The first-order valence-electron chi connectivity index (χ1n) is 9.60. The molecule has 1 saturated heterocycles. The lowest BCUT2D eigenvalue weighted by Crippen LogP contribution is -2.44. The fourth-order valence-corrected chi connectivity index (χ4v) is 3.86. The number of ether oxygens (including phenoxy) is 1. The number of benzene rings is 1. The largest absolute Gasteiger partial charge is 0.450 e. The summed E-state index contributed by atoms with van der Waals surface area (Å²) in [6.07, 6.45) is 1.39. The molecule has 29 heavy (non-hydrogen) atoms. The molecular formula is C20H22ClN5O3. The number of aromatic nitrogens is 3. The van der Waals surface area contributed by atoms with Gasteiger partial charge in [0.1, 0.15) is 0 Å². The molecule has 3 aromatic rings. The molecule has 0 atom stereocenters. The van der Waals surface area contributed by atoms with Crippen molar-refractivity contribution in [1.82, 2.24) is 20.3 Å². The molecule has 2 aromatic heterocycles. The van der Waals surface area contributed by atoms with Gasteiger partial charge in [-0.2, -0.15) is 0 Å². The number of anilines is 1. The molecule has 0 bridgehead atoms. The van der Waals surface area contributed by atoms with Crippen LogP contribution in [-0.4, -0.2) is 46.8 Å². The van der Waals surface area contributed by atoms with Gasteiger partial charge in [-0.25, -0.2) is 14.6 Å². The average molecular weight is 416 g/mol. The van der Waals surface area contributed by atoms with Crippen molar-refractivity contribution in [3.63, 3.8) is 0 Å². The van der Waals surface area contributed by atoms with E-state index < -0.39 is 0 Å². The van der Waals surface area contributed by atoms with Gasteiger partial charge in [-0.1, -0.05) is 23.7 Å². The van der Waals surface area contributed by atoms with E-state index >= 15 is 0 Å². The number of halogens is 1. The minimum Gasteiger partial charge on any atom is -0.450 e. The van der Waals surface area contributed by atoms with E-state index in [4.69, 9.17) is 16.3 Å². The maximum absolute atomic E-state index is 11.6. The standard InChI is InChI=1S/C20H22ClN5O3/c1-2-29-20(28)22-13-7-9-26(10-8-13)14-5-3-12(4-6-14)17-15(21)11-16-18(24-17)25-19(27)23-16/h3-6,11,13H,2,7-10H2,1H3,(H,22,28)(H2,23,24,25,27). The van der Waals surface area contributed by atoms with Gasteiger partial charge in [0.05, 0.1) is 22.8 Å². The van der Waals surface area contributed by atoms with Crippen LogP contribution < -0.4 is 15.9 Å². The Labute approximate surface area is 172 Å². The Bertz CT molecular complexity index is 1070. The highest BCUT2D eigenvalue weighted by molar-refractivity contribution is 6.33. The quantitative estimate of drug-likeness (QED) is 0.606. The number of nitrogens with zero attached hydrogens (tertiary/aromatic N) is 2. The minimum atomic E-state index is -0.347. The predicted molar refractivity (Wildman–Crippen MR) is 113 cm³/mol. The predicted octanol–water partition coefficient (Wildman–Crippen LogP) is 3.29. The molecule has 0 unspecified atom stereocenters. The summed E-state index contributed by atoms with van der Waals surface area (Å²) < 4.78 is 4.95. The molecule has 152 valence electrons. The van der Waals surface area contributed by atoms with Gasteiger partial charge in [0.2, 0.25) is 0 Å². The van der Waals surface area contributed by atoms with Crippen molar-refractivity contribution >= 4 is 34.5 Å². The number of carbonyl (C=O) groups excluding carboxylic acids is 1. The van der Waals surface area contributed by atoms with Crippen molar-refractivity contribution in [2.24, 2.45) is 0 Å². The van der Waals surface area contributed by atoms with E-state index in [0.717, 1.165) is 37.2 Å². The molecule has 1 aliphatic rings. The number of pyridine rings is 1. The van der Waals surface area contributed by atoms with Crippen LogP contribution in [0.2, 0.25) is 5.02 Å². The molecule has 8 nitrogen and oxygen atoms in total. The Balaban J connectivity index is 1.44. The van der Waals surface area contributed by atoms with Gasteiger partial charge < -0.3 is 19.9 Å². The fourth-order valence-electron chi connectivity index (χ4n) is 3.59. The van der Waals surface area contributed by atoms with E-state index in [2.05, 4.69) is 25.2 Å². The van der Waals surface area contributed by atoms with E-state index in [-0.39, 0.29) is 17.8 Å². The van der Waals surface area contributed by atoms with Gasteiger partial charge in [0, 0.05) is 30.4 Å². The molecule has 1 amide bonds. The first-order chi connectivity index (χ1) is 14.0. The number of H-pyrrole nitrogens is 2. The van der Waals surface area contributed by atoms with Crippen LogP contribution in [0.3, 0.4) is 0 Å². The summed E-state index contributed by atoms with van der Waals surface area (Å²) in [5, 5.41) is 3.38. The number of amides is 1. The molecular weight excluding hydrogens is 394 g/mol. The minimum absolute atomic E-state index is 0.141. The van der Waals surface area contributed by atoms with E-state index in [1.54, 1.807) is 13.0 Å². The number of fused-ring (bicyclic) bond motifs is 1. The summed E-state index contributed by atoms with van der Waals surface area (Å²) in [6, 6.07) is 9.87. The third kappa shape index (κ3) is 4.22. The van der Waals surface area contributed by atoms with Crippen LogP contribution in [0.25, 0.3) is 22.4 Å². The second-order valence-corrected chi connectivity index (χ2v) is 7.37. The first kappa shape index (κ1) is 19.3. The van der Waals surface area contributed by atoms with Crippen LogP contribution in [0.1, 0.15) is 19.8 Å². The topological polar surface area (TPSA) is 103 Å². The Morgan fingerprint density at radius 1 is 1.28 bits per heavy atom. The van der Waals surface area contributed by atoms with Crippen LogP contribution in [0, 0.1) is 0 Å². The number of carbonyl (C=O) groups is 1. The summed E-state index contributed by atoms with van der Waals surface area (Å²) >= 11 is 6.36. The number of imidazole rings is 1. The van der Waals surface area contributed by atoms with Gasteiger partial charge in [0.25, 0.3) is 0 Å². The zero-order valence-corrected chi connectivity index (χ0v) is 16.8. The molecule has 1 aliphatic heterocycles. The molecule has 0 aliphatic carbocycles. The third-order valence-corrected chi connectivity index (χ3v) is 5.34.